The highest BCUT2D eigenvalue weighted by Gasteiger charge is 2.44. The molecule has 2 heterocycles. The molecule has 10 nitrogen and oxygen atoms in total. The van der Waals surface area contributed by atoms with Crippen LogP contribution < -0.4 is 9.47 Å². The summed E-state index contributed by atoms with van der Waals surface area (Å²) in [6.45, 7) is 0. The van der Waals surface area contributed by atoms with Gasteiger partial charge in [0.25, 0.3) is 0 Å². The van der Waals surface area contributed by atoms with Crippen molar-refractivity contribution >= 4 is 12.2 Å². The van der Waals surface area contributed by atoms with Crippen molar-refractivity contribution in [3.63, 3.8) is 0 Å². The summed E-state index contributed by atoms with van der Waals surface area (Å²) in [6, 6.07) is 28.0. The second-order valence-electron chi connectivity index (χ2n) is 13.0. The van der Waals surface area contributed by atoms with Gasteiger partial charge in [-0.05, 0) is 101 Å². The van der Waals surface area contributed by atoms with Gasteiger partial charge in [0.2, 0.25) is 0 Å². The van der Waals surface area contributed by atoms with Crippen molar-refractivity contribution < 1.29 is 50.3 Å². The maximum absolute atomic E-state index is 11.8. The lowest BCUT2D eigenvalue weighted by atomic mass is 9.81. The smallest absolute Gasteiger partial charge is 0.138 e. The zero-order valence-corrected chi connectivity index (χ0v) is 27.3. The van der Waals surface area contributed by atoms with Crippen LogP contribution in [0, 0.1) is 0 Å². The first-order valence-electron chi connectivity index (χ1n) is 16.4. The molecule has 260 valence electrons. The van der Waals surface area contributed by atoms with Crippen LogP contribution >= 0.6 is 0 Å². The standard InChI is InChI=1S/C42H32O10/c43-26-7-3-21(4-8-26)1-2-22-13-33(49)39-35(14-22)52-42(31-12-11-28(45)20-32(31)48)38(39)25-17-34(50)40-36(18-25)51-41(23-5-9-27(44)10-6-23)37(40)24-15-29(46)19-30(47)16-24/h1-20,37-38,41-50H/b2-1-/t37-,38-,41-,42-/m1/s1. The van der Waals surface area contributed by atoms with Crippen molar-refractivity contribution in [1.29, 1.82) is 0 Å². The van der Waals surface area contributed by atoms with Crippen LogP contribution in [0.25, 0.3) is 12.2 Å². The molecule has 8 rings (SSSR count). The Bertz CT molecular complexity index is 2350. The van der Waals surface area contributed by atoms with E-state index in [0.717, 1.165) is 5.56 Å². The lowest BCUT2D eigenvalue weighted by molar-refractivity contribution is 0.215. The van der Waals surface area contributed by atoms with E-state index in [9.17, 15) is 40.9 Å². The molecule has 52 heavy (non-hydrogen) atoms. The number of hydrogen-bond donors (Lipinski definition) is 8. The summed E-state index contributed by atoms with van der Waals surface area (Å²) >= 11 is 0. The SMILES string of the molecule is Oc1ccc(/C=C\c2cc(O)c3c(c2)O[C@H](c2ccc(O)cc2O)[C@@H]3c2cc(O)c3c(c2)O[C@H](c2ccc(O)cc2)[C@@H]3c2cc(O)cc(O)c2)cc1. The largest absolute Gasteiger partial charge is 0.508 e. The molecular weight excluding hydrogens is 664 g/mol. The van der Waals surface area contributed by atoms with E-state index < -0.39 is 24.0 Å². The monoisotopic (exact) mass is 696 g/mol. The van der Waals surface area contributed by atoms with Crippen molar-refractivity contribution in [2.75, 3.05) is 0 Å². The Kier molecular flexibility index (Phi) is 7.72. The van der Waals surface area contributed by atoms with E-state index in [1.165, 1.54) is 48.5 Å². The Morgan fingerprint density at radius 2 is 0.923 bits per heavy atom. The highest BCUT2D eigenvalue weighted by Crippen LogP contribution is 2.59. The fourth-order valence-corrected chi connectivity index (χ4v) is 7.27. The third kappa shape index (κ3) is 5.75. The molecule has 4 atom stereocenters. The van der Waals surface area contributed by atoms with Crippen LogP contribution in [0.4, 0.5) is 0 Å². The Balaban J connectivity index is 1.26. The minimum absolute atomic E-state index is 0.0539. The predicted octanol–water partition coefficient (Wildman–Crippen LogP) is 8.03. The first-order chi connectivity index (χ1) is 25.0. The van der Waals surface area contributed by atoms with Gasteiger partial charge < -0.3 is 50.3 Å². The Labute approximate surface area is 297 Å². The number of fused-ring (bicyclic) bond motifs is 2. The Hall–Kier alpha value is -6.94. The van der Waals surface area contributed by atoms with Crippen LogP contribution in [0.3, 0.4) is 0 Å². The van der Waals surface area contributed by atoms with Crippen LogP contribution in [0.1, 0.15) is 68.6 Å². The van der Waals surface area contributed by atoms with E-state index in [-0.39, 0.29) is 46.0 Å². The Morgan fingerprint density at radius 3 is 1.60 bits per heavy atom. The van der Waals surface area contributed by atoms with Crippen molar-refractivity contribution in [1.82, 2.24) is 0 Å². The summed E-state index contributed by atoms with van der Waals surface area (Å²) in [7, 11) is 0. The van der Waals surface area contributed by atoms with Gasteiger partial charge in [-0.1, -0.05) is 36.4 Å². The van der Waals surface area contributed by atoms with Gasteiger partial charge in [0.1, 0.15) is 69.7 Å². The quantitative estimate of drug-likeness (QED) is 0.0795. The third-order valence-corrected chi connectivity index (χ3v) is 9.57. The zero-order chi connectivity index (χ0) is 36.3. The van der Waals surface area contributed by atoms with E-state index in [2.05, 4.69) is 0 Å². The van der Waals surface area contributed by atoms with E-state index in [1.807, 2.05) is 6.08 Å². The van der Waals surface area contributed by atoms with Gasteiger partial charge in [0, 0.05) is 28.8 Å². The van der Waals surface area contributed by atoms with Gasteiger partial charge >= 0.3 is 0 Å². The van der Waals surface area contributed by atoms with E-state index in [4.69, 9.17) is 9.47 Å². The van der Waals surface area contributed by atoms with E-state index >= 15 is 0 Å². The summed E-state index contributed by atoms with van der Waals surface area (Å²) in [6.07, 6.45) is 1.95. The normalized spacial score (nSPS) is 18.8. The molecule has 0 amide bonds. The molecule has 6 aromatic rings. The summed E-state index contributed by atoms with van der Waals surface area (Å²) in [5, 5.41) is 84.8. The van der Waals surface area contributed by atoms with E-state index in [1.54, 1.807) is 66.7 Å². The van der Waals surface area contributed by atoms with Gasteiger partial charge in [-0.15, -0.1) is 0 Å². The molecule has 0 saturated carbocycles. The fourth-order valence-electron chi connectivity index (χ4n) is 7.27. The molecule has 2 aliphatic heterocycles. The highest BCUT2D eigenvalue weighted by molar-refractivity contribution is 5.73. The summed E-state index contributed by atoms with van der Waals surface area (Å²) in [4.78, 5) is 0. The van der Waals surface area contributed by atoms with Gasteiger partial charge in [0.05, 0.1) is 11.8 Å². The van der Waals surface area contributed by atoms with Gasteiger partial charge in [0.15, 0.2) is 0 Å². The molecule has 2 aliphatic rings. The van der Waals surface area contributed by atoms with Crippen LogP contribution in [-0.2, 0) is 0 Å². The number of ether oxygens (including phenoxy) is 2. The van der Waals surface area contributed by atoms with E-state index in [0.29, 0.717) is 50.4 Å². The molecule has 0 radical (unpaired) electrons. The van der Waals surface area contributed by atoms with Crippen molar-refractivity contribution in [3.8, 4) is 57.5 Å². The molecule has 0 spiro atoms. The van der Waals surface area contributed by atoms with Crippen molar-refractivity contribution in [3.05, 3.63) is 154 Å². The molecule has 8 N–H and O–H groups in total. The second kappa shape index (κ2) is 12.4. The topological polar surface area (TPSA) is 180 Å². The van der Waals surface area contributed by atoms with Crippen LogP contribution in [-0.4, -0.2) is 40.9 Å². The maximum Gasteiger partial charge on any atom is 0.138 e. The second-order valence-corrected chi connectivity index (χ2v) is 13.0. The summed E-state index contributed by atoms with van der Waals surface area (Å²) < 4.78 is 13.0. The molecule has 6 aromatic carbocycles. The number of hydrogen-bond acceptors (Lipinski definition) is 10. The van der Waals surface area contributed by atoms with Crippen molar-refractivity contribution in [2.45, 2.75) is 24.0 Å². The average Bonchev–Trinajstić information content (AvgIpc) is 3.68. The maximum atomic E-state index is 11.8. The number of benzene rings is 6. The highest BCUT2D eigenvalue weighted by atomic mass is 16.5. The van der Waals surface area contributed by atoms with Crippen molar-refractivity contribution in [2.24, 2.45) is 0 Å². The predicted molar refractivity (Wildman–Crippen MR) is 191 cm³/mol. The molecule has 0 fully saturated rings. The third-order valence-electron chi connectivity index (χ3n) is 9.57. The molecule has 0 bridgehead atoms. The molecule has 0 aliphatic carbocycles. The van der Waals surface area contributed by atoms with Gasteiger partial charge in [-0.25, -0.2) is 0 Å². The number of phenolic OH excluding ortho intramolecular Hbond substituents is 8. The number of rotatable bonds is 6. The van der Waals surface area contributed by atoms with Crippen LogP contribution in [0.2, 0.25) is 0 Å². The zero-order valence-electron chi connectivity index (χ0n) is 27.3. The molecule has 10 heteroatoms. The molecule has 0 aromatic heterocycles. The molecule has 0 saturated heterocycles. The summed E-state index contributed by atoms with van der Waals surface area (Å²) in [5.74, 6) is -1.61. The fraction of sp³-hybridized carbons (Fsp3) is 0.0952. The summed E-state index contributed by atoms with van der Waals surface area (Å²) in [5.41, 5.74) is 4.19. The number of aromatic hydroxyl groups is 8. The molecule has 0 unspecified atom stereocenters. The van der Waals surface area contributed by atoms with Gasteiger partial charge in [-0.3, -0.25) is 0 Å². The Morgan fingerprint density at radius 1 is 0.385 bits per heavy atom. The number of phenols is 8. The van der Waals surface area contributed by atoms with Crippen LogP contribution in [0.5, 0.6) is 57.5 Å². The minimum atomic E-state index is -0.914. The first-order valence-corrected chi connectivity index (χ1v) is 16.4. The molecular formula is C42H32O10. The first kappa shape index (κ1) is 32.3. The minimum Gasteiger partial charge on any atom is -0.508 e. The lowest BCUT2D eigenvalue weighted by Gasteiger charge is -2.22. The lowest BCUT2D eigenvalue weighted by Crippen LogP contribution is -2.12. The van der Waals surface area contributed by atoms with Crippen LogP contribution in [0.15, 0.2) is 109 Å². The van der Waals surface area contributed by atoms with Gasteiger partial charge in [-0.2, -0.15) is 0 Å². The average molecular weight is 697 g/mol.